The van der Waals surface area contributed by atoms with Crippen LogP contribution >= 0.6 is 0 Å². The number of H-pyrrole nitrogens is 1. The van der Waals surface area contributed by atoms with E-state index in [2.05, 4.69) is 68.3 Å². The molecule has 23 heavy (non-hydrogen) atoms. The maximum Gasteiger partial charge on any atom is 0.179 e. The number of nitrogens with one attached hydrogen (secondary N) is 1. The fraction of sp³-hybridized carbons (Fsp3) is 0.571. The molecule has 0 aliphatic carbocycles. The van der Waals surface area contributed by atoms with Crippen molar-refractivity contribution in [3.05, 3.63) is 18.3 Å². The number of likely N-dealkylation sites (N-methyl/N-ethyl adjacent to an activating group) is 1. The number of hydrogen-bond acceptors (Lipinski definition) is 7. The number of nitrogens with zero attached hydrogens (tertiary/aromatic N) is 8. The number of fused-ring (bicyclic) bond motifs is 1. The van der Waals surface area contributed by atoms with Crippen LogP contribution in [0.5, 0.6) is 0 Å². The van der Waals surface area contributed by atoms with Crippen LogP contribution in [0, 0.1) is 0 Å². The van der Waals surface area contributed by atoms with Crippen LogP contribution < -0.4 is 4.90 Å². The van der Waals surface area contributed by atoms with Crippen molar-refractivity contribution < 1.29 is 0 Å². The molecule has 0 aliphatic rings. The van der Waals surface area contributed by atoms with Gasteiger partial charge in [0.25, 0.3) is 0 Å². The van der Waals surface area contributed by atoms with Gasteiger partial charge in [0.15, 0.2) is 11.5 Å². The van der Waals surface area contributed by atoms with Gasteiger partial charge < -0.3 is 4.90 Å². The number of rotatable bonds is 4. The van der Waals surface area contributed by atoms with E-state index in [0.29, 0.717) is 12.4 Å². The second kappa shape index (κ2) is 5.56. The molecule has 0 radical (unpaired) electrons. The average molecular weight is 315 g/mol. The number of hydrogen-bond donors (Lipinski definition) is 1. The van der Waals surface area contributed by atoms with Gasteiger partial charge in [-0.15, -0.1) is 10.2 Å². The Hall–Kier alpha value is -2.58. The molecule has 3 aromatic heterocycles. The standard InChI is InChI=1S/C14H21N9/c1-9(11-18-20-21-19-11)7-22(5)12-10-6-17-23(14(2,3)4)13(10)16-8-15-12/h6,8-9H,7H2,1-5H3,(H,18,19,20,21). The first-order chi connectivity index (χ1) is 10.9. The van der Waals surface area contributed by atoms with Gasteiger partial charge in [0, 0.05) is 19.5 Å². The molecule has 0 bridgehead atoms. The van der Waals surface area contributed by atoms with Crippen LogP contribution in [0.25, 0.3) is 11.0 Å². The Morgan fingerprint density at radius 3 is 2.74 bits per heavy atom. The van der Waals surface area contributed by atoms with Crippen LogP contribution in [0.4, 0.5) is 5.82 Å². The van der Waals surface area contributed by atoms with Crippen LogP contribution in [0.3, 0.4) is 0 Å². The molecule has 1 atom stereocenters. The minimum absolute atomic E-state index is 0.126. The molecule has 1 N–H and O–H groups in total. The normalized spacial score (nSPS) is 13.4. The summed E-state index contributed by atoms with van der Waals surface area (Å²) in [6.07, 6.45) is 3.41. The zero-order valence-electron chi connectivity index (χ0n) is 14.0. The maximum atomic E-state index is 4.49. The summed E-state index contributed by atoms with van der Waals surface area (Å²) < 4.78 is 1.92. The first kappa shape index (κ1) is 15.3. The lowest BCUT2D eigenvalue weighted by molar-refractivity contribution is 0.366. The van der Waals surface area contributed by atoms with E-state index in [1.54, 1.807) is 6.33 Å². The van der Waals surface area contributed by atoms with E-state index in [1.165, 1.54) is 0 Å². The number of aromatic nitrogens is 8. The predicted molar refractivity (Wildman–Crippen MR) is 86.2 cm³/mol. The summed E-state index contributed by atoms with van der Waals surface area (Å²) in [5.74, 6) is 1.66. The van der Waals surface area contributed by atoms with E-state index in [4.69, 9.17) is 0 Å². The smallest absolute Gasteiger partial charge is 0.179 e. The Morgan fingerprint density at radius 1 is 1.30 bits per heavy atom. The fourth-order valence-electron chi connectivity index (χ4n) is 2.58. The first-order valence-corrected chi connectivity index (χ1v) is 7.51. The molecule has 3 heterocycles. The lowest BCUT2D eigenvalue weighted by Crippen LogP contribution is -2.25. The van der Waals surface area contributed by atoms with Crippen molar-refractivity contribution in [1.82, 2.24) is 40.4 Å². The summed E-state index contributed by atoms with van der Waals surface area (Å²) in [6, 6.07) is 0. The summed E-state index contributed by atoms with van der Waals surface area (Å²) >= 11 is 0. The Bertz CT molecular complexity index is 784. The van der Waals surface area contributed by atoms with Crippen molar-refractivity contribution in [2.45, 2.75) is 39.2 Å². The van der Waals surface area contributed by atoms with Crippen molar-refractivity contribution in [2.75, 3.05) is 18.5 Å². The molecule has 3 rings (SSSR count). The molecule has 122 valence electrons. The van der Waals surface area contributed by atoms with Crippen LogP contribution in [0.2, 0.25) is 0 Å². The molecule has 0 spiro atoms. The predicted octanol–water partition coefficient (Wildman–Crippen LogP) is 1.33. The Kier molecular flexibility index (Phi) is 3.70. The first-order valence-electron chi connectivity index (χ1n) is 7.51. The summed E-state index contributed by atoms with van der Waals surface area (Å²) in [5, 5.41) is 19.6. The molecule has 9 nitrogen and oxygen atoms in total. The molecule has 0 fully saturated rings. The highest BCUT2D eigenvalue weighted by Crippen LogP contribution is 2.26. The highest BCUT2D eigenvalue weighted by Gasteiger charge is 2.21. The summed E-state index contributed by atoms with van der Waals surface area (Å²) in [5.41, 5.74) is 0.700. The van der Waals surface area contributed by atoms with E-state index in [0.717, 1.165) is 16.9 Å². The Labute approximate surface area is 134 Å². The van der Waals surface area contributed by atoms with Gasteiger partial charge in [0.1, 0.15) is 12.1 Å². The second-order valence-electron chi connectivity index (χ2n) is 6.71. The monoisotopic (exact) mass is 315 g/mol. The van der Waals surface area contributed by atoms with Gasteiger partial charge in [-0.1, -0.05) is 12.1 Å². The quantitative estimate of drug-likeness (QED) is 0.775. The van der Waals surface area contributed by atoms with Crippen LogP contribution in [-0.2, 0) is 5.54 Å². The van der Waals surface area contributed by atoms with Crippen molar-refractivity contribution in [2.24, 2.45) is 0 Å². The molecular weight excluding hydrogens is 294 g/mol. The zero-order chi connectivity index (χ0) is 16.6. The molecule has 0 aromatic carbocycles. The topological polar surface area (TPSA) is 101 Å². The molecule has 0 amide bonds. The number of aromatic amines is 1. The highest BCUT2D eigenvalue weighted by molar-refractivity contribution is 5.86. The van der Waals surface area contributed by atoms with E-state index in [9.17, 15) is 0 Å². The van der Waals surface area contributed by atoms with Crippen LogP contribution in [-0.4, -0.2) is 54.0 Å². The van der Waals surface area contributed by atoms with Crippen LogP contribution in [0.15, 0.2) is 12.5 Å². The van der Waals surface area contributed by atoms with Crippen molar-refractivity contribution in [3.8, 4) is 0 Å². The third kappa shape index (κ3) is 2.86. The molecular formula is C14H21N9. The Morgan fingerprint density at radius 2 is 2.09 bits per heavy atom. The minimum Gasteiger partial charge on any atom is -0.358 e. The van der Waals surface area contributed by atoms with Gasteiger partial charge in [-0.25, -0.2) is 14.6 Å². The Balaban J connectivity index is 1.92. The van der Waals surface area contributed by atoms with Gasteiger partial charge in [-0.2, -0.15) is 10.3 Å². The molecule has 0 aliphatic heterocycles. The molecule has 0 saturated heterocycles. The number of anilines is 1. The summed E-state index contributed by atoms with van der Waals surface area (Å²) in [7, 11) is 1.99. The average Bonchev–Trinajstić information content (AvgIpc) is 3.15. The van der Waals surface area contributed by atoms with Gasteiger partial charge in [0.05, 0.1) is 17.1 Å². The second-order valence-corrected chi connectivity index (χ2v) is 6.71. The number of tetrazole rings is 1. The van der Waals surface area contributed by atoms with Gasteiger partial charge in [0.2, 0.25) is 0 Å². The summed E-state index contributed by atoms with van der Waals surface area (Å²) in [4.78, 5) is 10.9. The molecule has 9 heteroatoms. The lowest BCUT2D eigenvalue weighted by Gasteiger charge is -2.22. The van der Waals surface area contributed by atoms with E-state index >= 15 is 0 Å². The third-order valence-corrected chi connectivity index (χ3v) is 3.69. The van der Waals surface area contributed by atoms with E-state index in [-0.39, 0.29) is 11.5 Å². The van der Waals surface area contributed by atoms with E-state index in [1.807, 2.05) is 17.9 Å². The SMILES string of the molecule is CC(CN(C)c1ncnc2c1cnn2C(C)(C)C)c1nn[nH]n1. The zero-order valence-corrected chi connectivity index (χ0v) is 14.0. The van der Waals surface area contributed by atoms with Gasteiger partial charge >= 0.3 is 0 Å². The minimum atomic E-state index is -0.135. The summed E-state index contributed by atoms with van der Waals surface area (Å²) in [6.45, 7) is 9.07. The van der Waals surface area contributed by atoms with Gasteiger partial charge in [-0.3, -0.25) is 0 Å². The third-order valence-electron chi connectivity index (χ3n) is 3.69. The highest BCUT2D eigenvalue weighted by atomic mass is 15.5. The molecule has 1 unspecified atom stereocenters. The van der Waals surface area contributed by atoms with Crippen molar-refractivity contribution >= 4 is 16.9 Å². The molecule has 3 aromatic rings. The molecule has 0 saturated carbocycles. The van der Waals surface area contributed by atoms with Gasteiger partial charge in [-0.05, 0) is 20.8 Å². The van der Waals surface area contributed by atoms with Crippen molar-refractivity contribution in [3.63, 3.8) is 0 Å². The fourth-order valence-corrected chi connectivity index (χ4v) is 2.58. The largest absolute Gasteiger partial charge is 0.358 e. The maximum absolute atomic E-state index is 4.49. The lowest BCUT2D eigenvalue weighted by atomic mass is 10.1. The van der Waals surface area contributed by atoms with Crippen molar-refractivity contribution in [1.29, 1.82) is 0 Å². The van der Waals surface area contributed by atoms with E-state index < -0.39 is 0 Å². The van der Waals surface area contributed by atoms with Crippen LogP contribution in [0.1, 0.15) is 39.4 Å².